The highest BCUT2D eigenvalue weighted by molar-refractivity contribution is 8.00. The Kier molecular flexibility index (Phi) is 7.70. The fourth-order valence-electron chi connectivity index (χ4n) is 2.84. The van der Waals surface area contributed by atoms with E-state index in [-0.39, 0.29) is 16.1 Å². The molecule has 0 spiro atoms. The molecule has 0 aliphatic carbocycles. The number of aromatic nitrogens is 1. The molecule has 1 fully saturated rings. The average molecular weight is 452 g/mol. The van der Waals surface area contributed by atoms with E-state index in [0.717, 1.165) is 11.3 Å². The van der Waals surface area contributed by atoms with E-state index in [4.69, 9.17) is 9.47 Å². The standard InChI is InChI=1S/C20H25N3O5S2/c1-15(20(24)22-13-16-3-5-17(27-2)6-4-16)29-19-8-7-18(14-21-19)30(25,26)23-9-11-28-12-10-23/h3-8,14-15H,9-13H2,1-2H3,(H,22,24)/t15-/m0/s1. The van der Waals surface area contributed by atoms with E-state index in [2.05, 4.69) is 10.3 Å². The van der Waals surface area contributed by atoms with Gasteiger partial charge in [-0.05, 0) is 36.8 Å². The fraction of sp³-hybridized carbons (Fsp3) is 0.400. The summed E-state index contributed by atoms with van der Waals surface area (Å²) in [4.78, 5) is 16.8. The molecule has 0 radical (unpaired) electrons. The Hall–Kier alpha value is -2.14. The molecule has 0 bridgehead atoms. The highest BCUT2D eigenvalue weighted by Gasteiger charge is 2.26. The maximum Gasteiger partial charge on any atom is 0.244 e. The molecule has 3 rings (SSSR count). The molecule has 30 heavy (non-hydrogen) atoms. The molecule has 8 nitrogen and oxygen atoms in total. The van der Waals surface area contributed by atoms with Gasteiger partial charge in [-0.1, -0.05) is 23.9 Å². The lowest BCUT2D eigenvalue weighted by molar-refractivity contribution is -0.120. The molecule has 1 aromatic carbocycles. The second-order valence-electron chi connectivity index (χ2n) is 6.67. The summed E-state index contributed by atoms with van der Waals surface area (Å²) in [5.41, 5.74) is 0.970. The van der Waals surface area contributed by atoms with Crippen molar-refractivity contribution >= 4 is 27.7 Å². The van der Waals surface area contributed by atoms with Crippen molar-refractivity contribution in [3.05, 3.63) is 48.2 Å². The normalized spacial score (nSPS) is 16.1. The third-order valence-corrected chi connectivity index (χ3v) is 7.54. The molecular formula is C20H25N3O5S2. The molecule has 1 N–H and O–H groups in total. The van der Waals surface area contributed by atoms with Gasteiger partial charge in [-0.3, -0.25) is 4.79 Å². The molecule has 1 atom stereocenters. The van der Waals surface area contributed by atoms with Crippen molar-refractivity contribution in [3.8, 4) is 5.75 Å². The number of pyridine rings is 1. The number of methoxy groups -OCH3 is 1. The van der Waals surface area contributed by atoms with Crippen LogP contribution in [-0.4, -0.2) is 62.3 Å². The Morgan fingerprint density at radius 3 is 2.53 bits per heavy atom. The van der Waals surface area contributed by atoms with Crippen molar-refractivity contribution in [2.24, 2.45) is 0 Å². The molecule has 0 saturated carbocycles. The number of thioether (sulfide) groups is 1. The molecular weight excluding hydrogens is 426 g/mol. The van der Waals surface area contributed by atoms with Crippen LogP contribution in [0.25, 0.3) is 0 Å². The number of morpholine rings is 1. The van der Waals surface area contributed by atoms with E-state index in [1.807, 2.05) is 24.3 Å². The van der Waals surface area contributed by atoms with Gasteiger partial charge in [-0.2, -0.15) is 4.31 Å². The summed E-state index contributed by atoms with van der Waals surface area (Å²) in [6.07, 6.45) is 1.34. The number of hydrogen-bond acceptors (Lipinski definition) is 7. The summed E-state index contributed by atoms with van der Waals surface area (Å²) < 4.78 is 37.0. The second kappa shape index (κ2) is 10.3. The topological polar surface area (TPSA) is 97.8 Å². The van der Waals surface area contributed by atoms with Crippen LogP contribution < -0.4 is 10.1 Å². The van der Waals surface area contributed by atoms with Crippen LogP contribution in [0.15, 0.2) is 52.5 Å². The predicted octanol–water partition coefficient (Wildman–Crippen LogP) is 1.91. The minimum atomic E-state index is -3.57. The van der Waals surface area contributed by atoms with Crippen LogP contribution in [0.3, 0.4) is 0 Å². The van der Waals surface area contributed by atoms with Gasteiger partial charge in [0.2, 0.25) is 15.9 Å². The maximum atomic E-state index is 12.6. The van der Waals surface area contributed by atoms with Gasteiger partial charge in [0.05, 0.1) is 30.6 Å². The highest BCUT2D eigenvalue weighted by Crippen LogP contribution is 2.24. The van der Waals surface area contributed by atoms with Gasteiger partial charge >= 0.3 is 0 Å². The zero-order valence-corrected chi connectivity index (χ0v) is 18.5. The molecule has 1 saturated heterocycles. The summed E-state index contributed by atoms with van der Waals surface area (Å²) in [6.45, 7) is 3.66. The van der Waals surface area contributed by atoms with Gasteiger partial charge in [0.1, 0.15) is 10.6 Å². The van der Waals surface area contributed by atoms with Crippen LogP contribution in [-0.2, 0) is 26.1 Å². The summed E-state index contributed by atoms with van der Waals surface area (Å²) in [5, 5.41) is 3.10. The summed E-state index contributed by atoms with van der Waals surface area (Å²) >= 11 is 1.28. The Bertz CT molecular complexity index is 943. The van der Waals surface area contributed by atoms with Crippen LogP contribution in [0.2, 0.25) is 0 Å². The zero-order valence-electron chi connectivity index (χ0n) is 16.9. The Morgan fingerprint density at radius 2 is 1.93 bits per heavy atom. The number of ether oxygens (including phenoxy) is 2. The van der Waals surface area contributed by atoms with Gasteiger partial charge < -0.3 is 14.8 Å². The zero-order chi connectivity index (χ0) is 21.6. The van der Waals surface area contributed by atoms with Crippen molar-refractivity contribution in [2.75, 3.05) is 33.4 Å². The van der Waals surface area contributed by atoms with Gasteiger partial charge in [0.15, 0.2) is 0 Å². The monoisotopic (exact) mass is 451 g/mol. The quantitative estimate of drug-likeness (QED) is 0.612. The number of nitrogens with one attached hydrogen (secondary N) is 1. The number of nitrogens with zero attached hydrogens (tertiary/aromatic N) is 2. The number of benzene rings is 1. The number of carbonyl (C=O) groups is 1. The predicted molar refractivity (Wildman–Crippen MR) is 114 cm³/mol. The van der Waals surface area contributed by atoms with Crippen LogP contribution in [0.4, 0.5) is 0 Å². The maximum absolute atomic E-state index is 12.6. The van der Waals surface area contributed by atoms with Crippen molar-refractivity contribution in [1.82, 2.24) is 14.6 Å². The van der Waals surface area contributed by atoms with Crippen LogP contribution >= 0.6 is 11.8 Å². The van der Waals surface area contributed by atoms with Gasteiger partial charge in [-0.25, -0.2) is 13.4 Å². The lowest BCUT2D eigenvalue weighted by Gasteiger charge is -2.25. The van der Waals surface area contributed by atoms with Gasteiger partial charge in [0, 0.05) is 25.8 Å². The fourth-order valence-corrected chi connectivity index (χ4v) is 5.00. The minimum Gasteiger partial charge on any atom is -0.497 e. The molecule has 2 aromatic rings. The van der Waals surface area contributed by atoms with Gasteiger partial charge in [-0.15, -0.1) is 0 Å². The number of rotatable bonds is 8. The van der Waals surface area contributed by atoms with Crippen molar-refractivity contribution in [1.29, 1.82) is 0 Å². The Morgan fingerprint density at radius 1 is 1.23 bits per heavy atom. The number of amides is 1. The van der Waals surface area contributed by atoms with E-state index in [9.17, 15) is 13.2 Å². The molecule has 1 amide bonds. The highest BCUT2D eigenvalue weighted by atomic mass is 32.2. The first-order valence-corrected chi connectivity index (χ1v) is 11.8. The lowest BCUT2D eigenvalue weighted by Crippen LogP contribution is -2.40. The van der Waals surface area contributed by atoms with E-state index in [1.165, 1.54) is 28.3 Å². The first-order chi connectivity index (χ1) is 14.4. The summed E-state index contributed by atoms with van der Waals surface area (Å²) in [6, 6.07) is 10.6. The molecule has 1 aliphatic rings. The van der Waals surface area contributed by atoms with E-state index in [1.54, 1.807) is 20.1 Å². The van der Waals surface area contributed by atoms with Crippen molar-refractivity contribution < 1.29 is 22.7 Å². The van der Waals surface area contributed by atoms with Crippen molar-refractivity contribution in [3.63, 3.8) is 0 Å². The van der Waals surface area contributed by atoms with Crippen LogP contribution in [0.1, 0.15) is 12.5 Å². The average Bonchev–Trinajstić information content (AvgIpc) is 2.78. The Labute approximate surface area is 181 Å². The second-order valence-corrected chi connectivity index (χ2v) is 9.97. The third kappa shape index (κ3) is 5.72. The molecule has 162 valence electrons. The molecule has 10 heteroatoms. The third-order valence-electron chi connectivity index (χ3n) is 4.61. The van der Waals surface area contributed by atoms with E-state index < -0.39 is 10.0 Å². The molecule has 2 heterocycles. The first kappa shape index (κ1) is 22.5. The molecule has 0 unspecified atom stereocenters. The lowest BCUT2D eigenvalue weighted by atomic mass is 10.2. The molecule has 1 aliphatic heterocycles. The largest absolute Gasteiger partial charge is 0.497 e. The summed E-state index contributed by atoms with van der Waals surface area (Å²) in [7, 11) is -1.97. The van der Waals surface area contributed by atoms with Crippen LogP contribution in [0, 0.1) is 0 Å². The van der Waals surface area contributed by atoms with E-state index >= 15 is 0 Å². The number of sulfonamides is 1. The number of hydrogen-bond donors (Lipinski definition) is 1. The number of carbonyl (C=O) groups excluding carboxylic acids is 1. The van der Waals surface area contributed by atoms with Crippen LogP contribution in [0.5, 0.6) is 5.75 Å². The van der Waals surface area contributed by atoms with Crippen molar-refractivity contribution in [2.45, 2.75) is 28.6 Å². The first-order valence-electron chi connectivity index (χ1n) is 9.51. The molecule has 1 aromatic heterocycles. The van der Waals surface area contributed by atoms with Gasteiger partial charge in [0.25, 0.3) is 0 Å². The smallest absolute Gasteiger partial charge is 0.244 e. The minimum absolute atomic E-state index is 0.123. The van der Waals surface area contributed by atoms with E-state index in [0.29, 0.717) is 37.9 Å². The SMILES string of the molecule is COc1ccc(CNC(=O)[C@H](C)Sc2ccc(S(=O)(=O)N3CCOCC3)cn2)cc1. The summed E-state index contributed by atoms with van der Waals surface area (Å²) in [5.74, 6) is 0.641. The Balaban J connectivity index is 1.54.